The number of amides is 1. The lowest BCUT2D eigenvalue weighted by Crippen LogP contribution is -2.31. The lowest BCUT2D eigenvalue weighted by molar-refractivity contribution is -0.117. The van der Waals surface area contributed by atoms with Crippen molar-refractivity contribution >= 4 is 51.0 Å². The quantitative estimate of drug-likeness (QED) is 0.308. The minimum Gasteiger partial charge on any atom is -0.503 e. The molecule has 36 heavy (non-hydrogen) atoms. The summed E-state index contributed by atoms with van der Waals surface area (Å²) in [5, 5.41) is 13.5. The first-order valence-corrected chi connectivity index (χ1v) is 11.8. The number of H-pyrrole nitrogens is 1. The van der Waals surface area contributed by atoms with Crippen molar-refractivity contribution in [3.63, 3.8) is 0 Å². The molecule has 1 aliphatic rings. The van der Waals surface area contributed by atoms with Crippen LogP contribution in [0.5, 0.6) is 11.5 Å². The molecule has 2 N–H and O–H groups in total. The normalized spacial score (nSPS) is 15.9. The SMILES string of the molecule is COc1cc2nc(N3C(=O)C(O)=C(C(=O)c4cc5ccccc5o4)C3c3cccs3)[nH]c2cc1OC. The number of ether oxygens (including phenoxy) is 2. The van der Waals surface area contributed by atoms with E-state index < -0.39 is 23.5 Å². The molecule has 9 nitrogen and oxygen atoms in total. The number of aliphatic hydroxyl groups excluding tert-OH is 1. The standard InChI is InChI=1S/C26H19N3O6S/c1-33-17-11-14-15(12-18(17)34-2)28-26(27-14)29-22(20-8-5-9-36-20)21(24(31)25(29)32)23(30)19-10-13-6-3-4-7-16(13)35-19/h3-12,22,31H,1-2H3,(H,27,28). The number of imidazole rings is 1. The van der Waals surface area contributed by atoms with Crippen LogP contribution in [0.4, 0.5) is 5.95 Å². The van der Waals surface area contributed by atoms with Crippen molar-refractivity contribution in [2.24, 2.45) is 0 Å². The number of carbonyl (C=O) groups is 2. The van der Waals surface area contributed by atoms with Gasteiger partial charge in [0.15, 0.2) is 23.0 Å². The smallest absolute Gasteiger partial charge is 0.296 e. The van der Waals surface area contributed by atoms with Crippen LogP contribution in [0.15, 0.2) is 75.7 Å². The minimum atomic E-state index is -0.900. The minimum absolute atomic E-state index is 0.0352. The second-order valence-corrected chi connectivity index (χ2v) is 9.10. The number of nitrogens with one attached hydrogen (secondary N) is 1. The Morgan fingerprint density at radius 3 is 2.61 bits per heavy atom. The first kappa shape index (κ1) is 21.9. The first-order chi connectivity index (χ1) is 17.5. The van der Waals surface area contributed by atoms with Gasteiger partial charge in [0, 0.05) is 22.4 Å². The number of hydrogen-bond donors (Lipinski definition) is 2. The molecule has 5 aromatic rings. The number of aromatic nitrogens is 2. The number of hydrogen-bond acceptors (Lipinski definition) is 8. The third-order valence-electron chi connectivity index (χ3n) is 6.12. The molecule has 10 heteroatoms. The zero-order chi connectivity index (χ0) is 25.0. The molecule has 0 saturated heterocycles. The van der Waals surface area contributed by atoms with E-state index in [1.165, 1.54) is 30.5 Å². The molecule has 0 radical (unpaired) electrons. The Kier molecular flexibility index (Phi) is 5.04. The molecule has 0 spiro atoms. The lowest BCUT2D eigenvalue weighted by Gasteiger charge is -2.22. The molecular formula is C26H19N3O6S. The van der Waals surface area contributed by atoms with Crippen LogP contribution in [0.1, 0.15) is 21.5 Å². The van der Waals surface area contributed by atoms with Gasteiger partial charge in [0.2, 0.25) is 11.7 Å². The molecule has 0 aliphatic carbocycles. The van der Waals surface area contributed by atoms with Crippen LogP contribution < -0.4 is 14.4 Å². The molecular weight excluding hydrogens is 482 g/mol. The maximum Gasteiger partial charge on any atom is 0.296 e. The number of rotatable bonds is 6. The largest absolute Gasteiger partial charge is 0.503 e. The molecule has 1 unspecified atom stereocenters. The Morgan fingerprint density at radius 2 is 1.89 bits per heavy atom. The number of carbonyl (C=O) groups excluding carboxylic acids is 2. The van der Waals surface area contributed by atoms with Gasteiger partial charge in [0.25, 0.3) is 5.91 Å². The maximum absolute atomic E-state index is 13.6. The summed E-state index contributed by atoms with van der Waals surface area (Å²) in [6.45, 7) is 0. The van der Waals surface area contributed by atoms with Gasteiger partial charge < -0.3 is 24.0 Å². The van der Waals surface area contributed by atoms with Crippen molar-refractivity contribution < 1.29 is 28.6 Å². The average molecular weight is 502 g/mol. The summed E-state index contributed by atoms with van der Waals surface area (Å²) in [7, 11) is 3.04. The summed E-state index contributed by atoms with van der Waals surface area (Å²) in [6.07, 6.45) is 0. The Hall–Kier alpha value is -4.57. The Balaban J connectivity index is 1.48. The zero-order valence-electron chi connectivity index (χ0n) is 19.1. The summed E-state index contributed by atoms with van der Waals surface area (Å²) < 4.78 is 16.5. The number of methoxy groups -OCH3 is 2. The summed E-state index contributed by atoms with van der Waals surface area (Å²) in [5.41, 5.74) is 1.58. The number of ketones is 1. The molecule has 1 aliphatic heterocycles. The monoisotopic (exact) mass is 501 g/mol. The van der Waals surface area contributed by atoms with Crippen molar-refractivity contribution in [1.29, 1.82) is 0 Å². The highest BCUT2D eigenvalue weighted by molar-refractivity contribution is 7.10. The van der Waals surface area contributed by atoms with E-state index in [4.69, 9.17) is 13.9 Å². The molecule has 0 bridgehead atoms. The van der Waals surface area contributed by atoms with Crippen LogP contribution in [-0.2, 0) is 4.79 Å². The summed E-state index contributed by atoms with van der Waals surface area (Å²) in [6, 6.07) is 14.9. The van der Waals surface area contributed by atoms with E-state index >= 15 is 0 Å². The molecule has 6 rings (SSSR count). The van der Waals surface area contributed by atoms with Crippen molar-refractivity contribution in [3.05, 3.63) is 81.9 Å². The van der Waals surface area contributed by atoms with E-state index in [0.29, 0.717) is 33.0 Å². The van der Waals surface area contributed by atoms with Gasteiger partial charge in [-0.25, -0.2) is 4.98 Å². The molecule has 4 heterocycles. The number of nitrogens with zero attached hydrogens (tertiary/aromatic N) is 2. The van der Waals surface area contributed by atoms with Gasteiger partial charge in [-0.2, -0.15) is 0 Å². The lowest BCUT2D eigenvalue weighted by atomic mass is 10.0. The van der Waals surface area contributed by atoms with Crippen LogP contribution in [0, 0.1) is 0 Å². The molecule has 2 aromatic carbocycles. The third-order valence-corrected chi connectivity index (χ3v) is 7.04. The average Bonchev–Trinajstić information content (AvgIpc) is 3.68. The number of anilines is 1. The van der Waals surface area contributed by atoms with Gasteiger partial charge in [-0.15, -0.1) is 11.3 Å². The number of aromatic amines is 1. The highest BCUT2D eigenvalue weighted by Gasteiger charge is 2.47. The fraction of sp³-hybridized carbons (Fsp3) is 0.115. The van der Waals surface area contributed by atoms with Gasteiger partial charge in [0.05, 0.1) is 30.8 Å². The van der Waals surface area contributed by atoms with Crippen molar-refractivity contribution in [3.8, 4) is 11.5 Å². The van der Waals surface area contributed by atoms with Crippen molar-refractivity contribution in [1.82, 2.24) is 9.97 Å². The fourth-order valence-corrected chi connectivity index (χ4v) is 5.26. The van der Waals surface area contributed by atoms with Crippen molar-refractivity contribution in [2.75, 3.05) is 19.1 Å². The third kappa shape index (κ3) is 3.26. The van der Waals surface area contributed by atoms with Crippen LogP contribution >= 0.6 is 11.3 Å². The summed E-state index contributed by atoms with van der Waals surface area (Å²) >= 11 is 1.36. The first-order valence-electron chi connectivity index (χ1n) is 10.9. The van der Waals surface area contributed by atoms with Gasteiger partial charge in [-0.05, 0) is 23.6 Å². The number of para-hydroxylation sites is 1. The van der Waals surface area contributed by atoms with E-state index in [2.05, 4.69) is 9.97 Å². The molecule has 0 fully saturated rings. The second kappa shape index (κ2) is 8.28. The predicted octanol–water partition coefficient (Wildman–Crippen LogP) is 5.17. The van der Waals surface area contributed by atoms with Gasteiger partial charge in [-0.3, -0.25) is 14.5 Å². The molecule has 1 atom stereocenters. The Bertz CT molecular complexity index is 1610. The van der Waals surface area contributed by atoms with Crippen molar-refractivity contribution in [2.45, 2.75) is 6.04 Å². The van der Waals surface area contributed by atoms with Gasteiger partial charge in [-0.1, -0.05) is 24.3 Å². The molecule has 0 saturated carbocycles. The summed E-state index contributed by atoms with van der Waals surface area (Å²) in [4.78, 5) is 36.7. The second-order valence-electron chi connectivity index (χ2n) is 8.12. The number of fused-ring (bicyclic) bond motifs is 2. The topological polar surface area (TPSA) is 118 Å². The van der Waals surface area contributed by atoms with E-state index in [1.54, 1.807) is 36.4 Å². The Labute approximate surface area is 208 Å². The maximum atomic E-state index is 13.6. The molecule has 3 aromatic heterocycles. The van der Waals surface area contributed by atoms with E-state index in [0.717, 1.165) is 5.39 Å². The van der Waals surface area contributed by atoms with Gasteiger partial charge >= 0.3 is 0 Å². The fourth-order valence-electron chi connectivity index (χ4n) is 4.44. The molecule has 180 valence electrons. The van der Waals surface area contributed by atoms with E-state index in [-0.39, 0.29) is 17.3 Å². The number of benzene rings is 2. The van der Waals surface area contributed by atoms with Crippen LogP contribution in [0.25, 0.3) is 22.0 Å². The van der Waals surface area contributed by atoms with E-state index in [9.17, 15) is 14.7 Å². The Morgan fingerprint density at radius 1 is 1.11 bits per heavy atom. The number of Topliss-reactive ketones (excluding diaryl/α,β-unsaturated/α-hetero) is 1. The van der Waals surface area contributed by atoms with Crippen LogP contribution in [0.3, 0.4) is 0 Å². The van der Waals surface area contributed by atoms with Gasteiger partial charge in [0.1, 0.15) is 11.6 Å². The van der Waals surface area contributed by atoms with E-state index in [1.807, 2.05) is 23.6 Å². The predicted molar refractivity (Wildman–Crippen MR) is 134 cm³/mol. The van der Waals surface area contributed by atoms with Crippen LogP contribution in [-0.4, -0.2) is 41.0 Å². The number of thiophene rings is 1. The number of furan rings is 1. The highest BCUT2D eigenvalue weighted by Crippen LogP contribution is 2.44. The molecule has 1 amide bonds. The zero-order valence-corrected chi connectivity index (χ0v) is 20.0. The number of aliphatic hydroxyl groups is 1. The van der Waals surface area contributed by atoms with Crippen LogP contribution in [0.2, 0.25) is 0 Å². The summed E-state index contributed by atoms with van der Waals surface area (Å²) in [5.74, 6) is -0.787. The highest BCUT2D eigenvalue weighted by atomic mass is 32.1.